The van der Waals surface area contributed by atoms with Crippen molar-refractivity contribution < 1.29 is 0 Å². The Labute approximate surface area is 117 Å². The Kier molecular flexibility index (Phi) is 4.04. The summed E-state index contributed by atoms with van der Waals surface area (Å²) in [4.78, 5) is 4.85. The third kappa shape index (κ3) is 2.71. The average molecular weight is 261 g/mol. The Morgan fingerprint density at radius 1 is 1.21 bits per heavy atom. The molecule has 0 bridgehead atoms. The molecule has 1 aromatic carbocycles. The summed E-state index contributed by atoms with van der Waals surface area (Å²) >= 11 is 0. The minimum Gasteiger partial charge on any atom is -0.371 e. The van der Waals surface area contributed by atoms with E-state index >= 15 is 0 Å². The SMILES string of the molecule is CC(C)CC(C)(CN)N1CCN(C)c2ccccc21. The highest BCUT2D eigenvalue weighted by molar-refractivity contribution is 5.74. The fourth-order valence-corrected chi connectivity index (χ4v) is 3.25. The molecule has 0 amide bonds. The maximum absolute atomic E-state index is 6.12. The lowest BCUT2D eigenvalue weighted by Crippen LogP contribution is -2.56. The number of hydrogen-bond donors (Lipinski definition) is 1. The van der Waals surface area contributed by atoms with Gasteiger partial charge < -0.3 is 15.5 Å². The van der Waals surface area contributed by atoms with Crippen LogP contribution < -0.4 is 15.5 Å². The monoisotopic (exact) mass is 261 g/mol. The van der Waals surface area contributed by atoms with E-state index in [9.17, 15) is 0 Å². The minimum atomic E-state index is 0.0472. The highest BCUT2D eigenvalue weighted by atomic mass is 15.3. The summed E-state index contributed by atoms with van der Waals surface area (Å²) in [5.41, 5.74) is 8.81. The van der Waals surface area contributed by atoms with Crippen molar-refractivity contribution in [3.63, 3.8) is 0 Å². The Hall–Kier alpha value is -1.22. The van der Waals surface area contributed by atoms with E-state index in [1.165, 1.54) is 11.4 Å². The van der Waals surface area contributed by atoms with E-state index in [-0.39, 0.29) is 5.54 Å². The molecule has 3 nitrogen and oxygen atoms in total. The zero-order valence-electron chi connectivity index (χ0n) is 12.7. The van der Waals surface area contributed by atoms with Gasteiger partial charge in [0.1, 0.15) is 0 Å². The van der Waals surface area contributed by atoms with E-state index in [4.69, 9.17) is 5.73 Å². The molecule has 0 radical (unpaired) electrons. The quantitative estimate of drug-likeness (QED) is 0.904. The second-order valence-corrected chi connectivity index (χ2v) is 6.36. The first kappa shape index (κ1) is 14.2. The van der Waals surface area contributed by atoms with E-state index in [1.54, 1.807) is 0 Å². The van der Waals surface area contributed by atoms with Gasteiger partial charge in [-0.05, 0) is 31.4 Å². The van der Waals surface area contributed by atoms with Crippen LogP contribution in [0.1, 0.15) is 27.2 Å². The Morgan fingerprint density at radius 2 is 1.84 bits per heavy atom. The van der Waals surface area contributed by atoms with Crippen molar-refractivity contribution in [2.75, 3.05) is 36.5 Å². The van der Waals surface area contributed by atoms with Gasteiger partial charge in [0.15, 0.2) is 0 Å². The molecule has 2 N–H and O–H groups in total. The molecule has 0 fully saturated rings. The molecule has 2 rings (SSSR count). The summed E-state index contributed by atoms with van der Waals surface area (Å²) in [6.07, 6.45) is 1.13. The molecule has 1 unspecified atom stereocenters. The fourth-order valence-electron chi connectivity index (χ4n) is 3.25. The minimum absolute atomic E-state index is 0.0472. The van der Waals surface area contributed by atoms with Gasteiger partial charge in [-0.2, -0.15) is 0 Å². The molecule has 1 heterocycles. The highest BCUT2D eigenvalue weighted by Gasteiger charge is 2.35. The number of anilines is 2. The molecule has 1 aliphatic heterocycles. The van der Waals surface area contributed by atoms with E-state index in [0.717, 1.165) is 19.5 Å². The largest absolute Gasteiger partial charge is 0.371 e. The zero-order valence-corrected chi connectivity index (χ0v) is 12.7. The number of rotatable bonds is 4. The van der Waals surface area contributed by atoms with Gasteiger partial charge in [-0.3, -0.25) is 0 Å². The lowest BCUT2D eigenvalue weighted by atomic mass is 9.87. The topological polar surface area (TPSA) is 32.5 Å². The molecule has 0 saturated carbocycles. The lowest BCUT2D eigenvalue weighted by molar-refractivity contribution is 0.346. The Balaban J connectivity index is 2.37. The molecule has 1 aromatic rings. The van der Waals surface area contributed by atoms with Gasteiger partial charge in [0.25, 0.3) is 0 Å². The summed E-state index contributed by atoms with van der Waals surface area (Å²) < 4.78 is 0. The van der Waals surface area contributed by atoms with Gasteiger partial charge in [-0.1, -0.05) is 26.0 Å². The van der Waals surface area contributed by atoms with Crippen LogP contribution in [0, 0.1) is 5.92 Å². The van der Waals surface area contributed by atoms with Gasteiger partial charge in [-0.25, -0.2) is 0 Å². The fraction of sp³-hybridized carbons (Fsp3) is 0.625. The van der Waals surface area contributed by atoms with Crippen LogP contribution in [0.15, 0.2) is 24.3 Å². The van der Waals surface area contributed by atoms with E-state index in [0.29, 0.717) is 12.5 Å². The summed E-state index contributed by atoms with van der Waals surface area (Å²) in [5.74, 6) is 0.653. The van der Waals surface area contributed by atoms with E-state index < -0.39 is 0 Å². The standard InChI is InChI=1S/C16H27N3/c1-13(2)11-16(3,12-17)19-10-9-18(4)14-7-5-6-8-15(14)19/h5-8,13H,9-12,17H2,1-4H3. The van der Waals surface area contributed by atoms with Crippen molar-refractivity contribution in [3.8, 4) is 0 Å². The van der Waals surface area contributed by atoms with Crippen molar-refractivity contribution in [2.45, 2.75) is 32.7 Å². The molecule has 19 heavy (non-hydrogen) atoms. The molecular weight excluding hydrogens is 234 g/mol. The second kappa shape index (κ2) is 5.41. The van der Waals surface area contributed by atoms with Gasteiger partial charge in [-0.15, -0.1) is 0 Å². The van der Waals surface area contributed by atoms with Gasteiger partial charge in [0, 0.05) is 32.2 Å². The third-order valence-corrected chi connectivity index (χ3v) is 4.18. The predicted molar refractivity (Wildman–Crippen MR) is 84.0 cm³/mol. The van der Waals surface area contributed by atoms with E-state index in [2.05, 4.69) is 61.9 Å². The summed E-state index contributed by atoms with van der Waals surface area (Å²) in [6.45, 7) is 9.66. The molecule has 0 aromatic heterocycles. The van der Waals surface area contributed by atoms with Gasteiger partial charge in [0.2, 0.25) is 0 Å². The van der Waals surface area contributed by atoms with Crippen molar-refractivity contribution in [2.24, 2.45) is 11.7 Å². The van der Waals surface area contributed by atoms with Crippen LogP contribution in [0.25, 0.3) is 0 Å². The molecule has 0 aliphatic carbocycles. The molecule has 106 valence electrons. The van der Waals surface area contributed by atoms with Crippen LogP contribution in [0.3, 0.4) is 0 Å². The Bertz CT molecular complexity index is 430. The second-order valence-electron chi connectivity index (χ2n) is 6.36. The number of likely N-dealkylation sites (N-methyl/N-ethyl adjacent to an activating group) is 1. The van der Waals surface area contributed by atoms with Crippen LogP contribution in [0.4, 0.5) is 11.4 Å². The number of hydrogen-bond acceptors (Lipinski definition) is 3. The van der Waals surface area contributed by atoms with E-state index in [1.807, 2.05) is 0 Å². The van der Waals surface area contributed by atoms with Crippen molar-refractivity contribution in [3.05, 3.63) is 24.3 Å². The summed E-state index contributed by atoms with van der Waals surface area (Å²) in [5, 5.41) is 0. The zero-order chi connectivity index (χ0) is 14.0. The highest BCUT2D eigenvalue weighted by Crippen LogP contribution is 2.37. The third-order valence-electron chi connectivity index (χ3n) is 4.18. The van der Waals surface area contributed by atoms with Crippen molar-refractivity contribution in [1.29, 1.82) is 0 Å². The smallest absolute Gasteiger partial charge is 0.0609 e. The Morgan fingerprint density at radius 3 is 2.42 bits per heavy atom. The molecule has 0 saturated heterocycles. The van der Waals surface area contributed by atoms with Crippen LogP contribution in [-0.4, -0.2) is 32.2 Å². The average Bonchev–Trinajstić information content (AvgIpc) is 2.38. The summed E-state index contributed by atoms with van der Waals surface area (Å²) in [6, 6.07) is 8.66. The molecule has 3 heteroatoms. The number of para-hydroxylation sites is 2. The maximum atomic E-state index is 6.12. The predicted octanol–water partition coefficient (Wildman–Crippen LogP) is 2.71. The van der Waals surface area contributed by atoms with Crippen molar-refractivity contribution in [1.82, 2.24) is 0 Å². The number of fused-ring (bicyclic) bond motifs is 1. The first-order chi connectivity index (χ1) is 8.98. The van der Waals surface area contributed by atoms with Crippen LogP contribution in [0.2, 0.25) is 0 Å². The van der Waals surface area contributed by atoms with Gasteiger partial charge >= 0.3 is 0 Å². The van der Waals surface area contributed by atoms with Crippen LogP contribution in [-0.2, 0) is 0 Å². The van der Waals surface area contributed by atoms with Crippen molar-refractivity contribution >= 4 is 11.4 Å². The van der Waals surface area contributed by atoms with Gasteiger partial charge in [0.05, 0.1) is 11.4 Å². The molecule has 1 atom stereocenters. The van der Waals surface area contributed by atoms with Crippen LogP contribution in [0.5, 0.6) is 0 Å². The summed E-state index contributed by atoms with van der Waals surface area (Å²) in [7, 11) is 2.17. The molecule has 0 spiro atoms. The first-order valence-electron chi connectivity index (χ1n) is 7.26. The number of nitrogens with two attached hydrogens (primary N) is 1. The maximum Gasteiger partial charge on any atom is 0.0609 e. The lowest BCUT2D eigenvalue weighted by Gasteiger charge is -2.48. The number of nitrogens with zero attached hydrogens (tertiary/aromatic N) is 2. The molecule has 1 aliphatic rings. The molecular formula is C16H27N3. The normalized spacial score (nSPS) is 18.4. The first-order valence-corrected chi connectivity index (χ1v) is 7.26. The van der Waals surface area contributed by atoms with Crippen LogP contribution >= 0.6 is 0 Å². The number of benzene rings is 1.